The van der Waals surface area contributed by atoms with Gasteiger partial charge in [-0.05, 0) is 12.5 Å². The van der Waals surface area contributed by atoms with E-state index in [-0.39, 0.29) is 12.3 Å². The number of benzene rings is 1. The van der Waals surface area contributed by atoms with Crippen molar-refractivity contribution in [2.75, 3.05) is 6.61 Å². The standard InChI is InChI=1S/C10H11NO4S/c12-7-1-2-8-16(15)10-5-3-9(4-6-10)11(13)14/h2-6,8,12H,1,7H2. The van der Waals surface area contributed by atoms with E-state index in [9.17, 15) is 14.7 Å². The van der Waals surface area contributed by atoms with Gasteiger partial charge < -0.3 is 9.66 Å². The van der Waals surface area contributed by atoms with Gasteiger partial charge in [-0.25, -0.2) is 0 Å². The Labute approximate surface area is 95.7 Å². The van der Waals surface area contributed by atoms with Gasteiger partial charge in [0.15, 0.2) is 4.90 Å². The number of non-ortho nitro benzene ring substituents is 1. The first kappa shape index (κ1) is 12.7. The van der Waals surface area contributed by atoms with Crippen molar-refractivity contribution < 1.29 is 14.6 Å². The molecule has 5 nitrogen and oxygen atoms in total. The Morgan fingerprint density at radius 3 is 2.50 bits per heavy atom. The summed E-state index contributed by atoms with van der Waals surface area (Å²) in [6, 6.07) is 5.54. The van der Waals surface area contributed by atoms with Gasteiger partial charge in [0.25, 0.3) is 5.69 Å². The fourth-order valence-electron chi connectivity index (χ4n) is 1.01. The first-order valence-corrected chi connectivity index (χ1v) is 5.79. The van der Waals surface area contributed by atoms with Gasteiger partial charge in [0.1, 0.15) is 5.41 Å². The molecule has 1 N–H and O–H groups in total. The second-order valence-corrected chi connectivity index (χ2v) is 4.27. The molecule has 6 heteroatoms. The van der Waals surface area contributed by atoms with Gasteiger partial charge in [0, 0.05) is 42.0 Å². The van der Waals surface area contributed by atoms with Crippen LogP contribution in [0.2, 0.25) is 0 Å². The van der Waals surface area contributed by atoms with E-state index in [1.165, 1.54) is 29.7 Å². The molecule has 86 valence electrons. The van der Waals surface area contributed by atoms with Crippen molar-refractivity contribution in [1.82, 2.24) is 0 Å². The summed E-state index contributed by atoms with van der Waals surface area (Å²) in [5, 5.41) is 20.4. The van der Waals surface area contributed by atoms with Crippen LogP contribution in [0.3, 0.4) is 0 Å². The molecule has 1 atom stereocenters. The number of nitro groups is 1. The van der Waals surface area contributed by atoms with E-state index in [0.717, 1.165) is 0 Å². The lowest BCUT2D eigenvalue weighted by Gasteiger charge is -2.03. The summed E-state index contributed by atoms with van der Waals surface area (Å²) in [6.07, 6.45) is 2.05. The maximum atomic E-state index is 11.6. The van der Waals surface area contributed by atoms with E-state index in [0.29, 0.717) is 11.3 Å². The van der Waals surface area contributed by atoms with E-state index < -0.39 is 16.1 Å². The number of aliphatic hydroxyl groups excluding tert-OH is 1. The molecular weight excluding hydrogens is 230 g/mol. The largest absolute Gasteiger partial charge is 0.607 e. The quantitative estimate of drug-likeness (QED) is 0.482. The number of rotatable bonds is 5. The Balaban J connectivity index is 2.70. The Bertz CT molecular complexity index is 377. The van der Waals surface area contributed by atoms with Crippen LogP contribution in [-0.4, -0.2) is 21.2 Å². The summed E-state index contributed by atoms with van der Waals surface area (Å²) < 4.78 is 11.6. The molecule has 1 rings (SSSR count). The third-order valence-electron chi connectivity index (χ3n) is 1.80. The molecule has 1 unspecified atom stereocenters. The predicted octanol–water partition coefficient (Wildman–Crippen LogP) is 1.60. The summed E-state index contributed by atoms with van der Waals surface area (Å²) in [4.78, 5) is 10.4. The number of hydrogen-bond donors (Lipinski definition) is 1. The molecule has 0 aliphatic heterocycles. The third kappa shape index (κ3) is 3.65. The zero-order valence-corrected chi connectivity index (χ0v) is 9.22. The van der Waals surface area contributed by atoms with Crippen LogP contribution in [0.15, 0.2) is 40.6 Å². The van der Waals surface area contributed by atoms with E-state index in [1.807, 2.05) is 0 Å². The first-order chi connectivity index (χ1) is 7.65. The van der Waals surface area contributed by atoms with Crippen LogP contribution in [0.5, 0.6) is 0 Å². The molecule has 1 aromatic rings. The first-order valence-electron chi connectivity index (χ1n) is 4.57. The lowest BCUT2D eigenvalue weighted by Crippen LogP contribution is -1.97. The number of nitrogens with zero attached hydrogens (tertiary/aromatic N) is 1. The van der Waals surface area contributed by atoms with Crippen molar-refractivity contribution >= 4 is 16.9 Å². The molecule has 16 heavy (non-hydrogen) atoms. The Hall–Kier alpha value is -1.37. The summed E-state index contributed by atoms with van der Waals surface area (Å²) in [6.45, 7) is 0.00790. The van der Waals surface area contributed by atoms with Crippen molar-refractivity contribution in [3.63, 3.8) is 0 Å². The molecule has 0 aliphatic carbocycles. The Morgan fingerprint density at radius 2 is 2.00 bits per heavy atom. The Kier molecular flexibility index (Phi) is 4.97. The summed E-state index contributed by atoms with van der Waals surface area (Å²) in [5.41, 5.74) is -0.0277. The molecule has 0 heterocycles. The van der Waals surface area contributed by atoms with Crippen LogP contribution in [0.1, 0.15) is 6.42 Å². The average Bonchev–Trinajstić information content (AvgIpc) is 2.29. The van der Waals surface area contributed by atoms with Crippen LogP contribution in [-0.2, 0) is 11.2 Å². The minimum absolute atomic E-state index is 0.00790. The fraction of sp³-hybridized carbons (Fsp3) is 0.200. The van der Waals surface area contributed by atoms with Crippen molar-refractivity contribution in [2.24, 2.45) is 0 Å². The van der Waals surface area contributed by atoms with Crippen LogP contribution in [0.25, 0.3) is 0 Å². The molecular formula is C10H11NO4S. The zero-order valence-electron chi connectivity index (χ0n) is 8.41. The van der Waals surface area contributed by atoms with Gasteiger partial charge in [-0.15, -0.1) is 0 Å². The van der Waals surface area contributed by atoms with Crippen molar-refractivity contribution in [3.8, 4) is 0 Å². The highest BCUT2D eigenvalue weighted by atomic mass is 32.2. The molecule has 0 aromatic heterocycles. The molecule has 0 amide bonds. The maximum Gasteiger partial charge on any atom is 0.269 e. The van der Waals surface area contributed by atoms with Crippen LogP contribution >= 0.6 is 0 Å². The van der Waals surface area contributed by atoms with Crippen LogP contribution < -0.4 is 0 Å². The minimum Gasteiger partial charge on any atom is -0.607 e. The lowest BCUT2D eigenvalue weighted by molar-refractivity contribution is -0.384. The fourth-order valence-corrected chi connectivity index (χ4v) is 1.88. The van der Waals surface area contributed by atoms with Gasteiger partial charge in [-0.1, -0.05) is 0 Å². The second kappa shape index (κ2) is 6.26. The molecule has 0 radical (unpaired) electrons. The summed E-state index contributed by atoms with van der Waals surface area (Å²) in [7, 11) is 0. The molecule has 0 spiro atoms. The van der Waals surface area contributed by atoms with Crippen molar-refractivity contribution in [2.45, 2.75) is 11.3 Å². The van der Waals surface area contributed by atoms with Crippen molar-refractivity contribution in [1.29, 1.82) is 0 Å². The minimum atomic E-state index is -1.32. The van der Waals surface area contributed by atoms with Gasteiger partial charge in [0.05, 0.1) is 4.92 Å². The lowest BCUT2D eigenvalue weighted by atomic mass is 10.3. The number of hydrogen-bond acceptors (Lipinski definition) is 4. The molecule has 1 aromatic carbocycles. The number of aliphatic hydroxyl groups is 1. The smallest absolute Gasteiger partial charge is 0.269 e. The molecule has 0 saturated heterocycles. The highest BCUT2D eigenvalue weighted by molar-refractivity contribution is 7.94. The highest BCUT2D eigenvalue weighted by Gasteiger charge is 2.10. The monoisotopic (exact) mass is 241 g/mol. The van der Waals surface area contributed by atoms with E-state index >= 15 is 0 Å². The van der Waals surface area contributed by atoms with Gasteiger partial charge in [-0.3, -0.25) is 10.1 Å². The topological polar surface area (TPSA) is 86.4 Å². The molecule has 0 saturated carbocycles. The average molecular weight is 241 g/mol. The summed E-state index contributed by atoms with van der Waals surface area (Å²) in [5.74, 6) is 0. The second-order valence-electron chi connectivity index (χ2n) is 2.93. The van der Waals surface area contributed by atoms with E-state index in [4.69, 9.17) is 5.11 Å². The highest BCUT2D eigenvalue weighted by Crippen LogP contribution is 2.17. The molecule has 0 aliphatic rings. The predicted molar refractivity (Wildman–Crippen MR) is 60.3 cm³/mol. The van der Waals surface area contributed by atoms with Gasteiger partial charge in [0.2, 0.25) is 0 Å². The molecule has 0 fully saturated rings. The van der Waals surface area contributed by atoms with E-state index in [1.54, 1.807) is 6.08 Å². The van der Waals surface area contributed by atoms with Gasteiger partial charge in [-0.2, -0.15) is 0 Å². The normalized spacial score (nSPS) is 12.9. The van der Waals surface area contributed by atoms with Crippen LogP contribution in [0, 0.1) is 10.1 Å². The Morgan fingerprint density at radius 1 is 1.38 bits per heavy atom. The summed E-state index contributed by atoms with van der Waals surface area (Å²) >= 11 is -1.32. The van der Waals surface area contributed by atoms with Gasteiger partial charge >= 0.3 is 0 Å². The third-order valence-corrected chi connectivity index (χ3v) is 2.97. The molecule has 0 bridgehead atoms. The van der Waals surface area contributed by atoms with Crippen molar-refractivity contribution in [3.05, 3.63) is 45.9 Å². The maximum absolute atomic E-state index is 11.6. The number of nitro benzene ring substituents is 1. The van der Waals surface area contributed by atoms with Crippen LogP contribution in [0.4, 0.5) is 5.69 Å². The SMILES string of the molecule is O=[N+]([O-])c1ccc([S+]([O-])C=CCCO)cc1. The zero-order chi connectivity index (χ0) is 12.0. The van der Waals surface area contributed by atoms with E-state index in [2.05, 4.69) is 0 Å².